The number of rotatable bonds is 7. The quantitative estimate of drug-likeness (QED) is 0.588. The SMILES string of the molecule is CN(CCCCCO)S(=O)(=O)c1cc(N)cc(F)c1F. The zero-order valence-electron chi connectivity index (χ0n) is 11.1. The van der Waals surface area contributed by atoms with E-state index in [0.717, 1.165) is 16.4 Å². The molecule has 0 saturated heterocycles. The number of sulfonamides is 1. The summed E-state index contributed by atoms with van der Waals surface area (Å²) < 4.78 is 52.0. The Morgan fingerprint density at radius 1 is 1.25 bits per heavy atom. The highest BCUT2D eigenvalue weighted by atomic mass is 32.2. The lowest BCUT2D eigenvalue weighted by molar-refractivity contribution is 0.281. The first kappa shape index (κ1) is 16.8. The van der Waals surface area contributed by atoms with Crippen LogP contribution in [0.3, 0.4) is 0 Å². The van der Waals surface area contributed by atoms with Crippen LogP contribution >= 0.6 is 0 Å². The van der Waals surface area contributed by atoms with Gasteiger partial charge in [0.05, 0.1) is 0 Å². The number of aliphatic hydroxyl groups is 1. The molecule has 20 heavy (non-hydrogen) atoms. The van der Waals surface area contributed by atoms with Crippen molar-refractivity contribution in [3.8, 4) is 0 Å². The van der Waals surface area contributed by atoms with Crippen molar-refractivity contribution < 1.29 is 22.3 Å². The number of halogens is 2. The van der Waals surface area contributed by atoms with Crippen molar-refractivity contribution >= 4 is 15.7 Å². The first-order valence-electron chi connectivity index (χ1n) is 6.12. The van der Waals surface area contributed by atoms with Gasteiger partial charge in [0.2, 0.25) is 10.0 Å². The lowest BCUT2D eigenvalue weighted by Gasteiger charge is -2.18. The van der Waals surface area contributed by atoms with Crippen molar-refractivity contribution in [2.24, 2.45) is 0 Å². The number of anilines is 1. The van der Waals surface area contributed by atoms with Crippen LogP contribution in [0.25, 0.3) is 0 Å². The van der Waals surface area contributed by atoms with Gasteiger partial charge in [0, 0.05) is 25.9 Å². The molecule has 3 N–H and O–H groups in total. The van der Waals surface area contributed by atoms with Gasteiger partial charge in [-0.25, -0.2) is 21.5 Å². The van der Waals surface area contributed by atoms with E-state index in [4.69, 9.17) is 10.8 Å². The highest BCUT2D eigenvalue weighted by molar-refractivity contribution is 7.89. The van der Waals surface area contributed by atoms with Crippen LogP contribution in [0.1, 0.15) is 19.3 Å². The molecule has 1 aromatic carbocycles. The Kier molecular flexibility index (Phi) is 5.85. The monoisotopic (exact) mass is 308 g/mol. The summed E-state index contributed by atoms with van der Waals surface area (Å²) in [4.78, 5) is -0.764. The molecule has 0 spiro atoms. The van der Waals surface area contributed by atoms with Crippen LogP contribution < -0.4 is 5.73 Å². The van der Waals surface area contributed by atoms with E-state index in [1.807, 2.05) is 0 Å². The predicted octanol–water partition coefficient (Wildman–Crippen LogP) is 1.33. The van der Waals surface area contributed by atoms with Crippen molar-refractivity contribution in [1.82, 2.24) is 4.31 Å². The number of aliphatic hydroxyl groups excluding tert-OH is 1. The van der Waals surface area contributed by atoms with E-state index in [2.05, 4.69) is 0 Å². The second-order valence-electron chi connectivity index (χ2n) is 4.43. The molecule has 0 atom stereocenters. The van der Waals surface area contributed by atoms with Gasteiger partial charge < -0.3 is 10.8 Å². The number of hydrogen-bond donors (Lipinski definition) is 2. The van der Waals surface area contributed by atoms with Gasteiger partial charge in [-0.2, -0.15) is 0 Å². The third-order valence-electron chi connectivity index (χ3n) is 2.84. The molecule has 0 aromatic heterocycles. The number of nitrogens with two attached hydrogens (primary N) is 1. The molecule has 8 heteroatoms. The fraction of sp³-hybridized carbons (Fsp3) is 0.500. The molecule has 0 aliphatic heterocycles. The van der Waals surface area contributed by atoms with Crippen molar-refractivity contribution in [2.45, 2.75) is 24.2 Å². The topological polar surface area (TPSA) is 83.6 Å². The van der Waals surface area contributed by atoms with Crippen molar-refractivity contribution in [1.29, 1.82) is 0 Å². The Hall–Kier alpha value is -1.25. The minimum Gasteiger partial charge on any atom is -0.399 e. The van der Waals surface area contributed by atoms with E-state index in [1.165, 1.54) is 7.05 Å². The van der Waals surface area contributed by atoms with Gasteiger partial charge in [-0.1, -0.05) is 0 Å². The van der Waals surface area contributed by atoms with Crippen LogP contribution in [-0.2, 0) is 10.0 Å². The average Bonchev–Trinajstić information content (AvgIpc) is 2.38. The molecular weight excluding hydrogens is 290 g/mol. The van der Waals surface area contributed by atoms with Gasteiger partial charge in [-0.15, -0.1) is 0 Å². The Balaban J connectivity index is 2.93. The number of unbranched alkanes of at least 4 members (excludes halogenated alkanes) is 2. The molecule has 0 radical (unpaired) electrons. The highest BCUT2D eigenvalue weighted by Crippen LogP contribution is 2.23. The Morgan fingerprint density at radius 2 is 1.90 bits per heavy atom. The molecule has 0 saturated carbocycles. The molecule has 0 heterocycles. The minimum atomic E-state index is -4.13. The van der Waals surface area contributed by atoms with Gasteiger partial charge in [0.25, 0.3) is 0 Å². The Morgan fingerprint density at radius 3 is 2.50 bits per heavy atom. The first-order valence-corrected chi connectivity index (χ1v) is 7.56. The van der Waals surface area contributed by atoms with E-state index in [1.54, 1.807) is 0 Å². The summed E-state index contributed by atoms with van der Waals surface area (Å²) in [5, 5.41) is 8.63. The molecule has 114 valence electrons. The maximum atomic E-state index is 13.6. The summed E-state index contributed by atoms with van der Waals surface area (Å²) in [6.07, 6.45) is 1.72. The lowest BCUT2D eigenvalue weighted by Crippen LogP contribution is -2.29. The van der Waals surface area contributed by atoms with Crippen LogP contribution in [0.2, 0.25) is 0 Å². The number of nitrogens with zero attached hydrogens (tertiary/aromatic N) is 1. The first-order chi connectivity index (χ1) is 9.30. The largest absolute Gasteiger partial charge is 0.399 e. The lowest BCUT2D eigenvalue weighted by atomic mass is 10.2. The predicted molar refractivity (Wildman–Crippen MR) is 71.5 cm³/mol. The van der Waals surface area contributed by atoms with Crippen LogP contribution in [0.15, 0.2) is 17.0 Å². The maximum Gasteiger partial charge on any atom is 0.245 e. The van der Waals surface area contributed by atoms with Crippen LogP contribution in [0, 0.1) is 11.6 Å². The summed E-state index contributed by atoms with van der Waals surface area (Å²) >= 11 is 0. The van der Waals surface area contributed by atoms with Gasteiger partial charge in [-0.05, 0) is 31.4 Å². The van der Waals surface area contributed by atoms with E-state index >= 15 is 0 Å². The smallest absolute Gasteiger partial charge is 0.245 e. The molecule has 1 aromatic rings. The standard InChI is InChI=1S/C12H18F2N2O3S/c1-16(5-3-2-4-6-17)20(18,19)11-8-9(15)7-10(13)12(11)14/h7-8,17H,2-6,15H2,1H3. The fourth-order valence-corrected chi connectivity index (χ4v) is 3.00. The van der Waals surface area contributed by atoms with Crippen LogP contribution in [-0.4, -0.2) is 38.0 Å². The molecule has 0 bridgehead atoms. The van der Waals surface area contributed by atoms with Gasteiger partial charge in [-0.3, -0.25) is 0 Å². The van der Waals surface area contributed by atoms with Crippen molar-refractivity contribution in [2.75, 3.05) is 25.9 Å². The number of nitrogen functional groups attached to an aromatic ring is 1. The van der Waals surface area contributed by atoms with Gasteiger partial charge in [0.15, 0.2) is 11.6 Å². The Labute approximate surface area is 117 Å². The molecule has 0 amide bonds. The fourth-order valence-electron chi connectivity index (χ4n) is 1.68. The van der Waals surface area contributed by atoms with E-state index in [-0.39, 0.29) is 18.8 Å². The van der Waals surface area contributed by atoms with Crippen LogP contribution in [0.4, 0.5) is 14.5 Å². The maximum absolute atomic E-state index is 13.6. The number of hydrogen-bond acceptors (Lipinski definition) is 4. The zero-order chi connectivity index (χ0) is 15.3. The summed E-state index contributed by atoms with van der Waals surface area (Å²) in [6, 6.07) is 1.63. The molecule has 0 fully saturated rings. The molecule has 5 nitrogen and oxygen atoms in total. The second-order valence-corrected chi connectivity index (χ2v) is 6.44. The summed E-state index contributed by atoms with van der Waals surface area (Å²) in [5.41, 5.74) is 5.19. The third-order valence-corrected chi connectivity index (χ3v) is 4.69. The van der Waals surface area contributed by atoms with Gasteiger partial charge in [0.1, 0.15) is 4.90 Å². The van der Waals surface area contributed by atoms with Crippen molar-refractivity contribution in [3.63, 3.8) is 0 Å². The third kappa shape index (κ3) is 3.87. The summed E-state index contributed by atoms with van der Waals surface area (Å²) in [7, 11) is -2.84. The minimum absolute atomic E-state index is 0.0333. The second kappa shape index (κ2) is 6.96. The highest BCUT2D eigenvalue weighted by Gasteiger charge is 2.26. The zero-order valence-corrected chi connectivity index (χ0v) is 12.0. The average molecular weight is 308 g/mol. The molecule has 0 aliphatic carbocycles. The summed E-state index contributed by atoms with van der Waals surface area (Å²) in [5.74, 6) is -2.72. The molecular formula is C12H18F2N2O3S. The van der Waals surface area contributed by atoms with E-state index in [0.29, 0.717) is 19.3 Å². The molecule has 1 rings (SSSR count). The number of benzene rings is 1. The van der Waals surface area contributed by atoms with Crippen LogP contribution in [0.5, 0.6) is 0 Å². The van der Waals surface area contributed by atoms with Crippen molar-refractivity contribution in [3.05, 3.63) is 23.8 Å². The van der Waals surface area contributed by atoms with E-state index < -0.39 is 26.6 Å². The molecule has 0 unspecified atom stereocenters. The molecule has 0 aliphatic rings. The normalized spacial score (nSPS) is 12.1. The Bertz CT molecular complexity index is 564. The van der Waals surface area contributed by atoms with E-state index in [9.17, 15) is 17.2 Å². The summed E-state index contributed by atoms with van der Waals surface area (Å²) in [6.45, 7) is 0.184. The van der Waals surface area contributed by atoms with Gasteiger partial charge >= 0.3 is 0 Å².